The van der Waals surface area contributed by atoms with Crippen LogP contribution in [-0.2, 0) is 10.8 Å². The predicted molar refractivity (Wildman–Crippen MR) is 157 cm³/mol. The summed E-state index contributed by atoms with van der Waals surface area (Å²) in [4.78, 5) is 0. The van der Waals surface area contributed by atoms with Gasteiger partial charge in [-0.2, -0.15) is 0 Å². The molecule has 0 nitrogen and oxygen atoms in total. The monoisotopic (exact) mass is 474 g/mol. The summed E-state index contributed by atoms with van der Waals surface area (Å²) in [5, 5.41) is 0. The lowest BCUT2D eigenvalue weighted by Gasteiger charge is -2.34. The Balaban J connectivity index is 1.97. The van der Waals surface area contributed by atoms with Gasteiger partial charge in [0.05, 0.1) is 0 Å². The minimum Gasteiger partial charge on any atom is -0.0654 e. The van der Waals surface area contributed by atoms with E-state index in [1.807, 2.05) is 0 Å². The van der Waals surface area contributed by atoms with E-state index < -0.39 is 0 Å². The molecule has 0 fully saturated rings. The number of rotatable bonds is 16. The van der Waals surface area contributed by atoms with E-state index in [1.54, 1.807) is 11.1 Å². The molecular weight excluding hydrogens is 420 g/mol. The van der Waals surface area contributed by atoms with Gasteiger partial charge in [-0.1, -0.05) is 154 Å². The Morgan fingerprint density at radius 2 is 1.09 bits per heavy atom. The molecule has 0 aliphatic heterocycles. The Labute approximate surface area is 218 Å². The Kier molecular flexibility index (Phi) is 10.5. The Bertz CT molecular complexity index is 900. The molecule has 1 aliphatic rings. The molecule has 0 radical (unpaired) electrons. The van der Waals surface area contributed by atoms with Crippen molar-refractivity contribution in [3.05, 3.63) is 58.7 Å². The molecule has 0 heteroatoms. The van der Waals surface area contributed by atoms with Crippen molar-refractivity contribution in [2.45, 2.75) is 149 Å². The molecule has 194 valence electrons. The van der Waals surface area contributed by atoms with Crippen molar-refractivity contribution in [2.75, 3.05) is 0 Å². The van der Waals surface area contributed by atoms with Gasteiger partial charge in [-0.25, -0.2) is 0 Å². The van der Waals surface area contributed by atoms with Crippen molar-refractivity contribution in [1.29, 1.82) is 0 Å². The zero-order valence-corrected chi connectivity index (χ0v) is 24.1. The van der Waals surface area contributed by atoms with Crippen molar-refractivity contribution in [3.8, 4) is 11.1 Å². The second-order valence-electron chi connectivity index (χ2n) is 12.2. The first-order chi connectivity index (χ1) is 16.9. The summed E-state index contributed by atoms with van der Waals surface area (Å²) >= 11 is 0. The van der Waals surface area contributed by atoms with E-state index in [1.165, 1.54) is 119 Å². The van der Waals surface area contributed by atoms with Crippen LogP contribution in [0.2, 0.25) is 0 Å². The van der Waals surface area contributed by atoms with E-state index in [9.17, 15) is 0 Å². The van der Waals surface area contributed by atoms with Crippen LogP contribution in [0.15, 0.2) is 36.4 Å². The number of unbranched alkanes of at least 4 members (excludes halogenated alkanes) is 10. The van der Waals surface area contributed by atoms with Gasteiger partial charge in [0.15, 0.2) is 0 Å². The second-order valence-corrected chi connectivity index (χ2v) is 12.2. The number of hydrogen-bond acceptors (Lipinski definition) is 0. The first-order valence-electron chi connectivity index (χ1n) is 15.2. The summed E-state index contributed by atoms with van der Waals surface area (Å²) in [6, 6.07) is 14.9. The van der Waals surface area contributed by atoms with Crippen molar-refractivity contribution in [1.82, 2.24) is 0 Å². The van der Waals surface area contributed by atoms with Gasteiger partial charge in [0.25, 0.3) is 0 Å². The third-order valence-corrected chi connectivity index (χ3v) is 9.10. The zero-order chi connectivity index (χ0) is 25.3. The summed E-state index contributed by atoms with van der Waals surface area (Å²) in [5.74, 6) is 0. The van der Waals surface area contributed by atoms with Crippen LogP contribution in [0.25, 0.3) is 11.1 Å². The van der Waals surface area contributed by atoms with Gasteiger partial charge in [-0.05, 0) is 59.4 Å². The van der Waals surface area contributed by atoms with Crippen molar-refractivity contribution in [2.24, 2.45) is 0 Å². The fourth-order valence-electron chi connectivity index (χ4n) is 6.31. The van der Waals surface area contributed by atoms with Crippen LogP contribution in [0.5, 0.6) is 0 Å². The number of benzene rings is 2. The molecule has 0 bridgehead atoms. The third kappa shape index (κ3) is 6.61. The lowest BCUT2D eigenvalue weighted by Crippen LogP contribution is -2.26. The fraction of sp³-hybridized carbons (Fsp3) is 0.657. The smallest absolute Gasteiger partial charge is 0.0215 e. The van der Waals surface area contributed by atoms with Crippen LogP contribution in [0.4, 0.5) is 0 Å². The highest BCUT2D eigenvalue weighted by atomic mass is 14.5. The molecule has 0 heterocycles. The maximum Gasteiger partial charge on any atom is 0.0215 e. The van der Waals surface area contributed by atoms with Gasteiger partial charge in [0, 0.05) is 5.41 Å². The molecular formula is C35H54. The average Bonchev–Trinajstić information content (AvgIpc) is 3.12. The highest BCUT2D eigenvalue weighted by Crippen LogP contribution is 2.55. The Morgan fingerprint density at radius 3 is 1.63 bits per heavy atom. The molecule has 2 aromatic rings. The first kappa shape index (κ1) is 28.0. The van der Waals surface area contributed by atoms with Crippen LogP contribution in [0.1, 0.15) is 153 Å². The fourth-order valence-corrected chi connectivity index (χ4v) is 6.31. The third-order valence-electron chi connectivity index (χ3n) is 9.10. The quantitative estimate of drug-likeness (QED) is 0.212. The lowest BCUT2D eigenvalue weighted by atomic mass is 9.69. The minimum atomic E-state index is 0.200. The van der Waals surface area contributed by atoms with Gasteiger partial charge >= 0.3 is 0 Å². The van der Waals surface area contributed by atoms with Crippen LogP contribution >= 0.6 is 0 Å². The minimum absolute atomic E-state index is 0.200. The Hall–Kier alpha value is -1.56. The lowest BCUT2D eigenvalue weighted by molar-refractivity contribution is 0.396. The molecule has 0 amide bonds. The molecule has 35 heavy (non-hydrogen) atoms. The first-order valence-corrected chi connectivity index (χ1v) is 15.2. The summed E-state index contributed by atoms with van der Waals surface area (Å²) < 4.78 is 0. The van der Waals surface area contributed by atoms with E-state index in [2.05, 4.69) is 77.9 Å². The van der Waals surface area contributed by atoms with E-state index >= 15 is 0 Å². The number of aryl methyl sites for hydroxylation is 1. The van der Waals surface area contributed by atoms with E-state index in [-0.39, 0.29) is 10.8 Å². The van der Waals surface area contributed by atoms with E-state index in [0.717, 1.165) is 0 Å². The van der Waals surface area contributed by atoms with Crippen LogP contribution in [-0.4, -0.2) is 0 Å². The van der Waals surface area contributed by atoms with Gasteiger partial charge in [0.1, 0.15) is 0 Å². The van der Waals surface area contributed by atoms with Crippen LogP contribution < -0.4 is 0 Å². The van der Waals surface area contributed by atoms with Gasteiger partial charge in [-0.3, -0.25) is 0 Å². The molecule has 0 N–H and O–H groups in total. The molecule has 0 unspecified atom stereocenters. The number of fused-ring (bicyclic) bond motifs is 3. The van der Waals surface area contributed by atoms with E-state index in [4.69, 9.17) is 0 Å². The molecule has 0 aromatic heterocycles. The largest absolute Gasteiger partial charge is 0.0654 e. The topological polar surface area (TPSA) is 0 Å². The zero-order valence-electron chi connectivity index (χ0n) is 24.1. The summed E-state index contributed by atoms with van der Waals surface area (Å²) in [7, 11) is 0. The molecule has 0 saturated carbocycles. The van der Waals surface area contributed by atoms with Crippen LogP contribution in [0.3, 0.4) is 0 Å². The SMILES string of the molecule is CCCCCCCCC1(CCCCCCCC)c2cc(C)ccc2-c2ccc(C(C)(C)CC)cc21. The van der Waals surface area contributed by atoms with Gasteiger partial charge in [0.2, 0.25) is 0 Å². The molecule has 1 aliphatic carbocycles. The van der Waals surface area contributed by atoms with E-state index in [0.29, 0.717) is 0 Å². The summed E-state index contributed by atoms with van der Waals surface area (Å²) in [6.45, 7) is 14.1. The van der Waals surface area contributed by atoms with Crippen LogP contribution in [0, 0.1) is 6.92 Å². The molecule has 3 rings (SSSR count). The normalized spacial score (nSPS) is 14.2. The molecule has 0 saturated heterocycles. The summed E-state index contributed by atoms with van der Waals surface area (Å²) in [6.07, 6.45) is 20.3. The van der Waals surface area contributed by atoms with Crippen molar-refractivity contribution < 1.29 is 0 Å². The maximum atomic E-state index is 2.64. The highest BCUT2D eigenvalue weighted by molar-refractivity contribution is 5.81. The summed E-state index contributed by atoms with van der Waals surface area (Å²) in [5.41, 5.74) is 9.70. The second kappa shape index (κ2) is 13.1. The highest BCUT2D eigenvalue weighted by Gasteiger charge is 2.42. The molecule has 2 aromatic carbocycles. The number of hydrogen-bond donors (Lipinski definition) is 0. The standard InChI is InChI=1S/C35H54/c1-7-10-12-14-16-18-24-35(25-19-17-15-13-11-8-2)32-26-28(4)20-22-30(32)31-23-21-29(27-33(31)35)34(5,6)9-3/h20-23,26-27H,7-19,24-25H2,1-6H3. The average molecular weight is 475 g/mol. The molecule has 0 spiro atoms. The Morgan fingerprint density at radius 1 is 0.600 bits per heavy atom. The van der Waals surface area contributed by atoms with Crippen molar-refractivity contribution in [3.63, 3.8) is 0 Å². The van der Waals surface area contributed by atoms with Gasteiger partial charge < -0.3 is 0 Å². The van der Waals surface area contributed by atoms with Gasteiger partial charge in [-0.15, -0.1) is 0 Å². The maximum absolute atomic E-state index is 2.64. The predicted octanol–water partition coefficient (Wildman–Crippen LogP) is 11.5. The molecule has 0 atom stereocenters. The van der Waals surface area contributed by atoms with Crippen molar-refractivity contribution >= 4 is 0 Å².